The van der Waals surface area contributed by atoms with Crippen LogP contribution in [0, 0.1) is 17.8 Å². The topological polar surface area (TPSA) is 3.24 Å². The summed E-state index contributed by atoms with van der Waals surface area (Å²) in [4.78, 5) is 2.89. The van der Waals surface area contributed by atoms with Crippen LogP contribution in [0.3, 0.4) is 0 Å². The van der Waals surface area contributed by atoms with Gasteiger partial charge in [0.2, 0.25) is 0 Å². The zero-order valence-electron chi connectivity index (χ0n) is 33.1. The summed E-state index contributed by atoms with van der Waals surface area (Å²) in [6.45, 7) is 35.3. The van der Waals surface area contributed by atoms with Crippen LogP contribution in [0.5, 0.6) is 0 Å². The van der Waals surface area contributed by atoms with Crippen LogP contribution in [-0.2, 0) is 17.1 Å². The van der Waals surface area contributed by atoms with Crippen LogP contribution in [0.4, 0.5) is 0 Å². The van der Waals surface area contributed by atoms with E-state index < -0.39 is 32.3 Å². The van der Waals surface area contributed by atoms with Gasteiger partial charge in [-0.1, -0.05) is 165 Å². The molecule has 0 amide bonds. The van der Waals surface area contributed by atoms with Crippen LogP contribution in [0.1, 0.15) is 85.0 Å². The summed E-state index contributed by atoms with van der Waals surface area (Å²) < 4.78 is 0. The Morgan fingerprint density at radius 3 is 1.30 bits per heavy atom. The van der Waals surface area contributed by atoms with Crippen molar-refractivity contribution in [3.63, 3.8) is 0 Å². The van der Waals surface area contributed by atoms with Crippen molar-refractivity contribution in [2.24, 2.45) is 17.8 Å². The van der Waals surface area contributed by atoms with E-state index in [1.807, 2.05) is 0 Å². The zero-order valence-corrected chi connectivity index (χ0v) is 38.2. The van der Waals surface area contributed by atoms with Crippen LogP contribution in [0.25, 0.3) is 0 Å². The Morgan fingerprint density at radius 1 is 0.630 bits per heavy atom. The number of allylic oxidation sites excluding steroid dienone is 3. The summed E-state index contributed by atoms with van der Waals surface area (Å²) in [6.07, 6.45) is 22.8. The maximum absolute atomic E-state index is 4.09. The minimum atomic E-state index is -1.45. The molecule has 0 N–H and O–H groups in total. The molecule has 0 radical (unpaired) electrons. The molecule has 3 atom stereocenters. The molecule has 272 valence electrons. The van der Waals surface area contributed by atoms with Gasteiger partial charge in [0, 0.05) is 23.1 Å². The third-order valence-corrected chi connectivity index (χ3v) is 27.0. The Kier molecular flexibility index (Phi) is 23.4. The van der Waals surface area contributed by atoms with Gasteiger partial charge in [0.25, 0.3) is 0 Å². The normalized spacial score (nSPS) is 20.2. The molecular weight excluding hydrogens is 663 g/mol. The Hall–Kier alpha value is 0.567. The fourth-order valence-corrected chi connectivity index (χ4v) is 21.7. The fourth-order valence-electron chi connectivity index (χ4n) is 8.94. The molecule has 0 spiro atoms. The molecule has 0 aromatic heterocycles. The van der Waals surface area contributed by atoms with Gasteiger partial charge in [0.05, 0.1) is 32.3 Å². The molecule has 0 bridgehead atoms. The molecule has 2 aliphatic rings. The molecule has 0 aromatic carbocycles. The maximum atomic E-state index is 4.09. The Morgan fingerprint density at radius 2 is 1.02 bits per heavy atom. The van der Waals surface area contributed by atoms with Crippen molar-refractivity contribution >= 4 is 32.3 Å². The van der Waals surface area contributed by atoms with Gasteiger partial charge < -0.3 is 4.90 Å². The monoisotopic (exact) mass is 745 g/mol. The Balaban J connectivity index is 0.00000257. The van der Waals surface area contributed by atoms with Crippen molar-refractivity contribution in [3.8, 4) is 0 Å². The van der Waals surface area contributed by atoms with Crippen molar-refractivity contribution in [1.29, 1.82) is 0 Å². The molecule has 46 heavy (non-hydrogen) atoms. The van der Waals surface area contributed by atoms with Crippen molar-refractivity contribution in [2.75, 3.05) is 13.2 Å². The minimum Gasteiger partial charge on any atom is -0.306 e. The zero-order chi connectivity index (χ0) is 34.2. The number of rotatable bonds is 22. The van der Waals surface area contributed by atoms with Gasteiger partial charge >= 0.3 is 0 Å². The van der Waals surface area contributed by atoms with Gasteiger partial charge in [-0.3, -0.25) is 0 Å². The standard InChI is InChI=1S/C34H71NSi4.C6H12.Fe/c1-13-22-36(7,8)25-17-28-39(29-18-26-37(9,10)23-14-2,30-19-27-38(11,12)24-15-3)31-35(6)33(5)34-21-16-20-32(34)4;1-6-4-2-3-5-6;/h13-15,32-34H,1-3,16-31H2,4-12H3;6H,2-5H2,1H3;/t32?,33-,34?;;/m0../s1. The van der Waals surface area contributed by atoms with E-state index in [4.69, 9.17) is 0 Å². The fraction of sp³-hybridized carbons (Fsp3) is 0.850. The average Bonchev–Trinajstić information content (AvgIpc) is 3.58. The molecule has 0 heterocycles. The predicted octanol–water partition coefficient (Wildman–Crippen LogP) is 13.8. The number of hydrogen-bond acceptors (Lipinski definition) is 1. The number of nitrogens with zero attached hydrogens (tertiary/aromatic N) is 1. The second-order valence-electron chi connectivity index (χ2n) is 18.6. The van der Waals surface area contributed by atoms with Crippen LogP contribution >= 0.6 is 0 Å². The second kappa shape index (κ2) is 23.1. The van der Waals surface area contributed by atoms with E-state index in [-0.39, 0.29) is 17.1 Å². The molecule has 0 aliphatic heterocycles. The molecule has 0 saturated heterocycles. The molecular formula is C40H83FeNSi4. The summed E-state index contributed by atoms with van der Waals surface area (Å²) in [5, 5.41) is 0. The summed E-state index contributed by atoms with van der Waals surface area (Å²) in [6, 6.07) is 13.7. The smallest absolute Gasteiger partial charge is 0.0690 e. The Bertz CT molecular complexity index is 766. The SMILES string of the molecule is C=CC[Si](C)(C)CCC[Si](CCC[Si](C)(C)CC=C)(CCC[Si](C)(C)CC=C)CN(C)[C@@H](C)C1CCCC1C.CC1CCCC1.[Fe]. The maximum Gasteiger partial charge on any atom is 0.0690 e. The van der Waals surface area contributed by atoms with E-state index in [9.17, 15) is 0 Å². The molecule has 2 unspecified atom stereocenters. The van der Waals surface area contributed by atoms with Gasteiger partial charge in [-0.25, -0.2) is 0 Å². The van der Waals surface area contributed by atoms with Crippen molar-refractivity contribution < 1.29 is 17.1 Å². The molecule has 2 rings (SSSR count). The van der Waals surface area contributed by atoms with Crippen LogP contribution in [0.2, 0.25) is 93.7 Å². The van der Waals surface area contributed by atoms with Gasteiger partial charge in [0.15, 0.2) is 0 Å². The summed E-state index contributed by atoms with van der Waals surface area (Å²) in [7, 11) is -2.40. The average molecular weight is 746 g/mol. The predicted molar refractivity (Wildman–Crippen MR) is 222 cm³/mol. The third kappa shape index (κ3) is 19.1. The van der Waals surface area contributed by atoms with Crippen molar-refractivity contribution in [1.82, 2.24) is 4.90 Å². The van der Waals surface area contributed by atoms with E-state index in [0.29, 0.717) is 0 Å². The third-order valence-electron chi connectivity index (χ3n) is 12.2. The first-order valence-corrected chi connectivity index (χ1v) is 32.6. The molecule has 1 nitrogen and oxygen atoms in total. The molecule has 2 saturated carbocycles. The molecule has 2 fully saturated rings. The second-order valence-corrected chi connectivity index (χ2v) is 39.2. The van der Waals surface area contributed by atoms with Crippen molar-refractivity contribution in [3.05, 3.63) is 38.0 Å². The summed E-state index contributed by atoms with van der Waals surface area (Å²) in [5.41, 5.74) is 0. The largest absolute Gasteiger partial charge is 0.306 e. The number of hydrogen-bond donors (Lipinski definition) is 0. The summed E-state index contributed by atoms with van der Waals surface area (Å²) >= 11 is 0. The molecule has 0 aromatic rings. The first kappa shape index (κ1) is 46.6. The van der Waals surface area contributed by atoms with Crippen LogP contribution in [-0.4, -0.2) is 56.5 Å². The minimum absolute atomic E-state index is 0. The van der Waals surface area contributed by atoms with Gasteiger partial charge in [-0.2, -0.15) is 0 Å². The first-order valence-electron chi connectivity index (χ1n) is 19.5. The van der Waals surface area contributed by atoms with Gasteiger partial charge in [0.1, 0.15) is 0 Å². The van der Waals surface area contributed by atoms with E-state index in [2.05, 4.69) is 110 Å². The van der Waals surface area contributed by atoms with E-state index in [1.165, 1.54) is 107 Å². The van der Waals surface area contributed by atoms with Crippen LogP contribution in [0.15, 0.2) is 38.0 Å². The van der Waals surface area contributed by atoms with E-state index >= 15 is 0 Å². The van der Waals surface area contributed by atoms with Gasteiger partial charge in [-0.05, 0) is 62.4 Å². The van der Waals surface area contributed by atoms with Crippen molar-refractivity contribution in [2.45, 2.75) is 185 Å². The van der Waals surface area contributed by atoms with Gasteiger partial charge in [-0.15, -0.1) is 19.7 Å². The first-order chi connectivity index (χ1) is 21.0. The summed E-state index contributed by atoms with van der Waals surface area (Å²) in [5.74, 6) is 2.85. The quantitative estimate of drug-likeness (QED) is 0.0788. The molecule has 6 heteroatoms. The Labute approximate surface area is 306 Å². The van der Waals surface area contributed by atoms with Crippen LogP contribution < -0.4 is 0 Å². The van der Waals surface area contributed by atoms with E-state index in [0.717, 1.165) is 23.8 Å². The van der Waals surface area contributed by atoms with E-state index in [1.54, 1.807) is 18.1 Å². The molecule has 2 aliphatic carbocycles.